The number of aliphatic hydroxyl groups excluding tert-OH is 1. The SMILES string of the molecule is CC(=O)O[C@H]1C(=O)[C@@]2(C)[C@H]([C@H](OC(=O)c3ccccc3)[C@]3(O)C[C@H](OC(=O)[C@H](OC(=O)CCC(=O)N4Cc5ccccc5C=Cc5ccccc54)[C@@H](NC(=O)c4ccccc4)c4ccccc4)C(C)=C1C3(C)C)[C@]1(OC(C)=O)CO[C@@H]1C[C@@H]2O. The van der Waals surface area contributed by atoms with Gasteiger partial charge in [-0.1, -0.05) is 135 Å². The van der Waals surface area contributed by atoms with E-state index in [0.29, 0.717) is 5.69 Å². The molecule has 10 rings (SSSR count). The molecule has 0 aromatic heterocycles. The number of ketones is 1. The molecule has 2 saturated carbocycles. The number of carbonyl (C=O) groups excluding carboxylic acids is 8. The first-order chi connectivity index (χ1) is 40.1. The predicted octanol–water partition coefficient (Wildman–Crippen LogP) is 7.78. The summed E-state index contributed by atoms with van der Waals surface area (Å²) < 4.78 is 37.3. The van der Waals surface area contributed by atoms with E-state index < -0.39 is 131 Å². The Balaban J connectivity index is 1.07. The molecule has 2 aliphatic heterocycles. The lowest BCUT2D eigenvalue weighted by Gasteiger charge is -2.67. The van der Waals surface area contributed by atoms with Gasteiger partial charge in [0, 0.05) is 44.1 Å². The zero-order chi connectivity index (χ0) is 59.9. The van der Waals surface area contributed by atoms with Crippen LogP contribution in [0.15, 0.2) is 151 Å². The topological polar surface area (TPSA) is 248 Å². The van der Waals surface area contributed by atoms with Crippen LogP contribution in [0.25, 0.3) is 12.2 Å². The Morgan fingerprint density at radius 1 is 0.738 bits per heavy atom. The number of esters is 5. The summed E-state index contributed by atoms with van der Waals surface area (Å²) in [5.74, 6) is -8.67. The highest BCUT2D eigenvalue weighted by Gasteiger charge is 2.78. The fourth-order valence-corrected chi connectivity index (χ4v) is 13.2. The van der Waals surface area contributed by atoms with Crippen LogP contribution in [0, 0.1) is 16.7 Å². The van der Waals surface area contributed by atoms with Crippen molar-refractivity contribution in [2.45, 2.75) is 128 Å². The lowest BCUT2D eigenvalue weighted by molar-refractivity contribution is -0.346. The van der Waals surface area contributed by atoms with Gasteiger partial charge in [-0.15, -0.1) is 0 Å². The Morgan fingerprint density at radius 2 is 1.35 bits per heavy atom. The van der Waals surface area contributed by atoms with Gasteiger partial charge in [-0.25, -0.2) is 9.59 Å². The maximum Gasteiger partial charge on any atom is 0.350 e. The summed E-state index contributed by atoms with van der Waals surface area (Å²) in [5, 5.41) is 29.3. The number of carbonyl (C=O) groups is 8. The summed E-state index contributed by atoms with van der Waals surface area (Å²) in [4.78, 5) is 118. The minimum atomic E-state index is -2.51. The molecule has 0 radical (unpaired) electrons. The van der Waals surface area contributed by atoms with Gasteiger partial charge in [0.1, 0.15) is 30.0 Å². The standard InChI is InChI=1S/C66H66N2O16/c1-38-48(35-66(78)59(83-61(76)45-26-14-9-15-27-45)57-64(6,49(71)34-50-65(57,37-79-50)84-40(3)70)58(74)55(80-39(2)69)53(38)63(66,4)5)81-62(77)56(54(43-22-10-7-11-23-43)67-60(75)44-24-12-8-13-25-44)82-52(73)33-32-51(72)68-36-46-28-17-16-20-41(46)30-31-42-21-18-19-29-47(42)68/h7-31,48-50,54-57,59,71,78H,32-37H2,1-6H3,(H,67,75)/t48-,49-,50+,54-,55+,56+,57-,59-,64+,65-,66+/m0/s1. The first-order valence-electron chi connectivity index (χ1n) is 28.0. The first-order valence-corrected chi connectivity index (χ1v) is 28.0. The molecule has 3 fully saturated rings. The van der Waals surface area contributed by atoms with E-state index in [1.54, 1.807) is 110 Å². The third-order valence-electron chi connectivity index (χ3n) is 17.6. The number of ether oxygens (including phenoxy) is 6. The minimum absolute atomic E-state index is 0.0295. The number of nitrogens with one attached hydrogen (secondary N) is 1. The highest BCUT2D eigenvalue weighted by atomic mass is 16.6. The van der Waals surface area contributed by atoms with Crippen molar-refractivity contribution in [2.75, 3.05) is 11.5 Å². The maximum atomic E-state index is 15.9. The van der Waals surface area contributed by atoms with Crippen LogP contribution in [0.2, 0.25) is 0 Å². The molecule has 84 heavy (non-hydrogen) atoms. The quantitative estimate of drug-likeness (QED) is 0.0545. The Kier molecular flexibility index (Phi) is 16.2. The number of nitrogens with zero attached hydrogens (tertiary/aromatic N) is 1. The highest BCUT2D eigenvalue weighted by molar-refractivity contribution is 5.99. The Bertz CT molecular complexity index is 3470. The zero-order valence-corrected chi connectivity index (χ0v) is 47.4. The van der Waals surface area contributed by atoms with E-state index in [1.165, 1.54) is 26.0 Å². The summed E-state index contributed by atoms with van der Waals surface area (Å²) in [7, 11) is 0. The molecule has 2 bridgehead atoms. The molecule has 436 valence electrons. The van der Waals surface area contributed by atoms with E-state index in [1.807, 2.05) is 48.6 Å². The number of hydrogen-bond donors (Lipinski definition) is 3. The summed E-state index contributed by atoms with van der Waals surface area (Å²) in [6.07, 6.45) is -8.17. The van der Waals surface area contributed by atoms with Gasteiger partial charge in [0.05, 0.1) is 48.3 Å². The van der Waals surface area contributed by atoms with E-state index in [2.05, 4.69) is 5.32 Å². The molecule has 5 aromatic carbocycles. The van der Waals surface area contributed by atoms with Gasteiger partial charge in [-0.3, -0.25) is 28.8 Å². The molecule has 0 spiro atoms. The van der Waals surface area contributed by atoms with Crippen LogP contribution in [0.5, 0.6) is 0 Å². The number of aliphatic hydroxyl groups is 2. The van der Waals surface area contributed by atoms with Crippen molar-refractivity contribution in [1.29, 1.82) is 0 Å². The Labute approximate surface area is 485 Å². The van der Waals surface area contributed by atoms with Crippen LogP contribution < -0.4 is 10.2 Å². The van der Waals surface area contributed by atoms with Crippen molar-refractivity contribution in [1.82, 2.24) is 5.32 Å². The fraction of sp³-hybridized carbons (Fsp3) is 0.364. The monoisotopic (exact) mass is 1140 g/mol. The molecule has 3 aliphatic carbocycles. The second kappa shape index (κ2) is 23.2. The number of amides is 2. The molecule has 18 nitrogen and oxygen atoms in total. The number of fused-ring (bicyclic) bond motifs is 7. The lowest BCUT2D eigenvalue weighted by atomic mass is 9.44. The summed E-state index contributed by atoms with van der Waals surface area (Å²) in [6.45, 7) is 8.01. The third kappa shape index (κ3) is 10.6. The van der Waals surface area contributed by atoms with Gasteiger partial charge >= 0.3 is 29.8 Å². The van der Waals surface area contributed by atoms with E-state index in [9.17, 15) is 39.0 Å². The van der Waals surface area contributed by atoms with Crippen molar-refractivity contribution in [3.05, 3.63) is 184 Å². The van der Waals surface area contributed by atoms with Crippen molar-refractivity contribution in [3.63, 3.8) is 0 Å². The van der Waals surface area contributed by atoms with Gasteiger partial charge in [0.25, 0.3) is 5.91 Å². The Hall–Kier alpha value is -8.58. The molecule has 0 unspecified atom stereocenters. The summed E-state index contributed by atoms with van der Waals surface area (Å²) >= 11 is 0. The molecule has 1 saturated heterocycles. The number of hydrogen-bond acceptors (Lipinski definition) is 16. The largest absolute Gasteiger partial charge is 0.455 e. The van der Waals surface area contributed by atoms with Crippen LogP contribution in [-0.4, -0.2) is 112 Å². The van der Waals surface area contributed by atoms with E-state index in [4.69, 9.17) is 28.4 Å². The zero-order valence-electron chi connectivity index (χ0n) is 47.4. The van der Waals surface area contributed by atoms with Crippen LogP contribution in [0.4, 0.5) is 5.69 Å². The normalized spacial score (nSPS) is 27.0. The van der Waals surface area contributed by atoms with Crippen molar-refractivity contribution >= 4 is 65.3 Å². The van der Waals surface area contributed by atoms with Crippen molar-refractivity contribution in [3.8, 4) is 0 Å². The fourth-order valence-electron chi connectivity index (χ4n) is 13.2. The molecule has 3 N–H and O–H groups in total. The number of rotatable bonds is 14. The number of Topliss-reactive ketones (excluding diaryl/α,β-unsaturated/α-hetero) is 1. The molecule has 5 aliphatic rings. The van der Waals surface area contributed by atoms with Crippen LogP contribution in [0.3, 0.4) is 0 Å². The molecule has 2 amide bonds. The smallest absolute Gasteiger partial charge is 0.350 e. The average Bonchev–Trinajstić information content (AvgIpc) is 0.676. The van der Waals surface area contributed by atoms with Crippen LogP contribution in [-0.2, 0) is 63.7 Å². The molecule has 11 atom stereocenters. The first kappa shape index (κ1) is 58.6. The molecular formula is C66H66N2O16. The molecular weight excluding hydrogens is 1080 g/mol. The third-order valence-corrected chi connectivity index (χ3v) is 17.6. The van der Waals surface area contributed by atoms with Gasteiger partial charge in [0.15, 0.2) is 17.5 Å². The number of benzene rings is 5. The van der Waals surface area contributed by atoms with Gasteiger partial charge in [-0.2, -0.15) is 0 Å². The van der Waals surface area contributed by atoms with E-state index >= 15 is 9.59 Å². The molecule has 2 heterocycles. The van der Waals surface area contributed by atoms with Gasteiger partial charge in [-0.05, 0) is 77.6 Å². The van der Waals surface area contributed by atoms with Gasteiger partial charge < -0.3 is 48.9 Å². The molecule has 18 heteroatoms. The summed E-state index contributed by atoms with van der Waals surface area (Å²) in [6, 6.07) is 37.5. The lowest BCUT2D eigenvalue weighted by Crippen LogP contribution is -2.82. The minimum Gasteiger partial charge on any atom is -0.455 e. The maximum absolute atomic E-state index is 15.9. The second-order valence-corrected chi connectivity index (χ2v) is 22.9. The predicted molar refractivity (Wildman–Crippen MR) is 304 cm³/mol. The number of anilines is 1. The van der Waals surface area contributed by atoms with E-state index in [0.717, 1.165) is 30.5 Å². The molecule has 5 aromatic rings. The van der Waals surface area contributed by atoms with Crippen molar-refractivity contribution < 1.29 is 77.0 Å². The van der Waals surface area contributed by atoms with Gasteiger partial charge in [0.2, 0.25) is 12.0 Å². The van der Waals surface area contributed by atoms with Crippen LogP contribution in [0.1, 0.15) is 116 Å². The number of para-hydroxylation sites is 1. The van der Waals surface area contributed by atoms with E-state index in [-0.39, 0.29) is 53.8 Å². The van der Waals surface area contributed by atoms with Crippen LogP contribution >= 0.6 is 0 Å². The summed E-state index contributed by atoms with van der Waals surface area (Å²) in [5.41, 5.74) is -4.59. The van der Waals surface area contributed by atoms with Crippen molar-refractivity contribution in [2.24, 2.45) is 16.7 Å². The average molecular weight is 1140 g/mol. The second-order valence-electron chi connectivity index (χ2n) is 22.9. The highest BCUT2D eigenvalue weighted by Crippen LogP contribution is 2.64. The Morgan fingerprint density at radius 3 is 1.99 bits per heavy atom.